The van der Waals surface area contributed by atoms with Gasteiger partial charge in [0.15, 0.2) is 0 Å². The Labute approximate surface area is 137 Å². The normalized spacial score (nSPS) is 16.0. The Morgan fingerprint density at radius 2 is 1.83 bits per heavy atom. The number of nitrogens with one attached hydrogen (secondary N) is 1. The molecule has 1 aromatic heterocycles. The summed E-state index contributed by atoms with van der Waals surface area (Å²) in [5, 5.41) is 18.4. The summed E-state index contributed by atoms with van der Waals surface area (Å²) >= 11 is 0. The van der Waals surface area contributed by atoms with Gasteiger partial charge in [0.25, 0.3) is 5.69 Å². The summed E-state index contributed by atoms with van der Waals surface area (Å²) in [4.78, 5) is 14.7. The first kappa shape index (κ1) is 14.1. The summed E-state index contributed by atoms with van der Waals surface area (Å²) in [7, 11) is 0. The van der Waals surface area contributed by atoms with E-state index in [1.807, 2.05) is 36.4 Å². The molecule has 1 aliphatic rings. The maximum absolute atomic E-state index is 10.8. The zero-order valence-electron chi connectivity index (χ0n) is 12.5. The Bertz CT molecular complexity index is 916. The largest absolute Gasteiger partial charge is 0.324 e. The highest BCUT2D eigenvalue weighted by atomic mass is 16.6. The number of aromatic nitrogens is 3. The van der Waals surface area contributed by atoms with Crippen molar-refractivity contribution in [2.75, 3.05) is 5.32 Å². The number of nitrogens with zero attached hydrogens (tertiary/aromatic N) is 4. The Kier molecular flexibility index (Phi) is 3.31. The predicted octanol–water partition coefficient (Wildman–Crippen LogP) is 3.24. The van der Waals surface area contributed by atoms with Gasteiger partial charge in [-0.05, 0) is 29.3 Å². The Morgan fingerprint density at radius 3 is 2.54 bits per heavy atom. The van der Waals surface area contributed by atoms with Crippen LogP contribution in [-0.4, -0.2) is 19.7 Å². The third-order valence-electron chi connectivity index (χ3n) is 3.94. The van der Waals surface area contributed by atoms with Gasteiger partial charge in [-0.2, -0.15) is 10.1 Å². The molecule has 2 aromatic carbocycles. The van der Waals surface area contributed by atoms with Crippen LogP contribution >= 0.6 is 0 Å². The first-order chi connectivity index (χ1) is 11.7. The SMILES string of the molecule is O=[N+]([O-])c1ccc([C@@H]2C=C(c3ccccc3)Nc3ncnn32)cc1. The van der Waals surface area contributed by atoms with Crippen LogP contribution in [0.4, 0.5) is 11.6 Å². The van der Waals surface area contributed by atoms with Crippen LogP contribution in [0.3, 0.4) is 0 Å². The van der Waals surface area contributed by atoms with Crippen LogP contribution in [0.15, 0.2) is 67.0 Å². The highest BCUT2D eigenvalue weighted by Crippen LogP contribution is 2.32. The summed E-state index contributed by atoms with van der Waals surface area (Å²) < 4.78 is 1.76. The molecule has 7 heteroatoms. The molecule has 3 aromatic rings. The van der Waals surface area contributed by atoms with Crippen molar-refractivity contribution < 1.29 is 4.92 Å². The average molecular weight is 319 g/mol. The number of nitro groups is 1. The second kappa shape index (κ2) is 5.62. The molecule has 0 bridgehead atoms. The number of benzene rings is 2. The molecular weight excluding hydrogens is 306 g/mol. The van der Waals surface area contributed by atoms with Gasteiger partial charge in [-0.25, -0.2) is 4.68 Å². The summed E-state index contributed by atoms with van der Waals surface area (Å²) in [6.45, 7) is 0. The molecule has 0 radical (unpaired) electrons. The van der Waals surface area contributed by atoms with E-state index in [1.165, 1.54) is 18.5 Å². The molecule has 2 heterocycles. The molecule has 0 saturated carbocycles. The van der Waals surface area contributed by atoms with Crippen LogP contribution in [0.2, 0.25) is 0 Å². The lowest BCUT2D eigenvalue weighted by atomic mass is 10.0. The Morgan fingerprint density at radius 1 is 1.08 bits per heavy atom. The first-order valence-electron chi connectivity index (χ1n) is 7.40. The Hall–Kier alpha value is -3.48. The van der Waals surface area contributed by atoms with E-state index < -0.39 is 4.92 Å². The summed E-state index contributed by atoms with van der Waals surface area (Å²) in [5.41, 5.74) is 2.94. The average Bonchev–Trinajstić information content (AvgIpc) is 3.10. The van der Waals surface area contributed by atoms with Gasteiger partial charge >= 0.3 is 0 Å². The topological polar surface area (TPSA) is 85.9 Å². The lowest BCUT2D eigenvalue weighted by Gasteiger charge is -2.24. The lowest BCUT2D eigenvalue weighted by Crippen LogP contribution is -2.20. The van der Waals surface area contributed by atoms with Crippen LogP contribution < -0.4 is 5.32 Å². The van der Waals surface area contributed by atoms with Crippen molar-refractivity contribution in [3.63, 3.8) is 0 Å². The van der Waals surface area contributed by atoms with Crippen molar-refractivity contribution in [2.45, 2.75) is 6.04 Å². The maximum atomic E-state index is 10.8. The van der Waals surface area contributed by atoms with E-state index >= 15 is 0 Å². The van der Waals surface area contributed by atoms with Gasteiger partial charge in [0.05, 0.1) is 4.92 Å². The van der Waals surface area contributed by atoms with Crippen LogP contribution in [0, 0.1) is 10.1 Å². The van der Waals surface area contributed by atoms with E-state index in [1.54, 1.807) is 16.8 Å². The highest BCUT2D eigenvalue weighted by molar-refractivity contribution is 5.77. The molecule has 118 valence electrons. The molecule has 24 heavy (non-hydrogen) atoms. The molecule has 1 N–H and O–H groups in total. The molecule has 0 fully saturated rings. The molecule has 0 amide bonds. The van der Waals surface area contributed by atoms with E-state index in [0.717, 1.165) is 16.8 Å². The molecule has 1 aliphatic heterocycles. The number of anilines is 1. The number of hydrogen-bond donors (Lipinski definition) is 1. The number of allylic oxidation sites excluding steroid dienone is 1. The summed E-state index contributed by atoms with van der Waals surface area (Å²) in [6.07, 6.45) is 3.53. The third-order valence-corrected chi connectivity index (χ3v) is 3.94. The van der Waals surface area contributed by atoms with Gasteiger partial charge in [-0.1, -0.05) is 30.3 Å². The predicted molar refractivity (Wildman–Crippen MR) is 89.3 cm³/mol. The van der Waals surface area contributed by atoms with Crippen LogP contribution in [-0.2, 0) is 0 Å². The van der Waals surface area contributed by atoms with Gasteiger partial charge in [0, 0.05) is 17.8 Å². The second-order valence-electron chi connectivity index (χ2n) is 5.39. The molecule has 4 rings (SSSR count). The third kappa shape index (κ3) is 2.41. The fraction of sp³-hybridized carbons (Fsp3) is 0.0588. The molecular formula is C17H13N5O2. The lowest BCUT2D eigenvalue weighted by molar-refractivity contribution is -0.384. The zero-order valence-corrected chi connectivity index (χ0v) is 12.5. The molecule has 0 aliphatic carbocycles. The zero-order chi connectivity index (χ0) is 16.5. The van der Waals surface area contributed by atoms with E-state index in [-0.39, 0.29) is 11.7 Å². The number of nitro benzene ring substituents is 1. The van der Waals surface area contributed by atoms with Crippen molar-refractivity contribution >= 4 is 17.3 Å². The summed E-state index contributed by atoms with van der Waals surface area (Å²) in [5.74, 6) is 0.639. The van der Waals surface area contributed by atoms with Crippen molar-refractivity contribution in [1.82, 2.24) is 14.8 Å². The van der Waals surface area contributed by atoms with Gasteiger partial charge in [-0.3, -0.25) is 10.1 Å². The molecule has 7 nitrogen and oxygen atoms in total. The minimum Gasteiger partial charge on any atom is -0.324 e. The van der Waals surface area contributed by atoms with Gasteiger partial charge in [0.1, 0.15) is 12.4 Å². The standard InChI is InChI=1S/C17H13N5O2/c23-22(24)14-8-6-13(7-9-14)16-10-15(12-4-2-1-3-5-12)20-17-18-11-19-21(16)17/h1-11,16H,(H,18,19,20)/t16-/m0/s1. The van der Waals surface area contributed by atoms with Gasteiger partial charge in [0.2, 0.25) is 5.95 Å². The van der Waals surface area contributed by atoms with Crippen molar-refractivity contribution in [1.29, 1.82) is 0 Å². The molecule has 1 atom stereocenters. The van der Waals surface area contributed by atoms with E-state index in [4.69, 9.17) is 0 Å². The smallest absolute Gasteiger partial charge is 0.269 e. The molecule has 0 unspecified atom stereocenters. The minimum absolute atomic E-state index is 0.0683. The summed E-state index contributed by atoms with van der Waals surface area (Å²) in [6, 6.07) is 16.3. The first-order valence-corrected chi connectivity index (χ1v) is 7.40. The monoisotopic (exact) mass is 319 g/mol. The highest BCUT2D eigenvalue weighted by Gasteiger charge is 2.23. The van der Waals surface area contributed by atoms with Crippen molar-refractivity contribution in [3.8, 4) is 0 Å². The molecule has 0 saturated heterocycles. The molecule has 0 spiro atoms. The van der Waals surface area contributed by atoms with E-state index in [9.17, 15) is 10.1 Å². The van der Waals surface area contributed by atoms with Crippen molar-refractivity contribution in [2.24, 2.45) is 0 Å². The quantitative estimate of drug-likeness (QED) is 0.591. The van der Waals surface area contributed by atoms with Crippen molar-refractivity contribution in [3.05, 3.63) is 88.2 Å². The van der Waals surface area contributed by atoms with E-state index in [0.29, 0.717) is 5.95 Å². The number of non-ortho nitro benzene ring substituents is 1. The van der Waals surface area contributed by atoms with Crippen LogP contribution in [0.1, 0.15) is 17.2 Å². The fourth-order valence-corrected chi connectivity index (χ4v) is 2.75. The van der Waals surface area contributed by atoms with Crippen LogP contribution in [0.5, 0.6) is 0 Å². The van der Waals surface area contributed by atoms with Crippen LogP contribution in [0.25, 0.3) is 5.70 Å². The second-order valence-corrected chi connectivity index (χ2v) is 5.39. The Balaban J connectivity index is 1.78. The van der Waals surface area contributed by atoms with E-state index in [2.05, 4.69) is 15.4 Å². The van der Waals surface area contributed by atoms with Gasteiger partial charge < -0.3 is 5.32 Å². The maximum Gasteiger partial charge on any atom is 0.269 e. The number of rotatable bonds is 3. The fourth-order valence-electron chi connectivity index (χ4n) is 2.75. The van der Waals surface area contributed by atoms with Gasteiger partial charge in [-0.15, -0.1) is 0 Å². The minimum atomic E-state index is -0.404. The number of hydrogen-bond acceptors (Lipinski definition) is 5. The number of fused-ring (bicyclic) bond motifs is 1.